The van der Waals surface area contributed by atoms with Gasteiger partial charge >= 0.3 is 0 Å². The molecule has 1 N–H and O–H groups in total. The minimum atomic E-state index is 0.00828. The quantitative estimate of drug-likeness (QED) is 0.474. The first-order valence-electron chi connectivity index (χ1n) is 5.86. The summed E-state index contributed by atoms with van der Waals surface area (Å²) in [5.74, 6) is 1.36. The third-order valence-corrected chi connectivity index (χ3v) is 5.63. The van der Waals surface area contributed by atoms with Gasteiger partial charge in [0, 0.05) is 11.0 Å². The predicted octanol–water partition coefficient (Wildman–Crippen LogP) is 2.51. The van der Waals surface area contributed by atoms with E-state index in [4.69, 9.17) is 4.74 Å². The van der Waals surface area contributed by atoms with Crippen LogP contribution < -0.4 is 5.32 Å². The van der Waals surface area contributed by atoms with Crippen LogP contribution in [0.1, 0.15) is 19.3 Å². The maximum Gasteiger partial charge on any atom is 0.223 e. The summed E-state index contributed by atoms with van der Waals surface area (Å²) in [6.07, 6.45) is 10.7. The van der Waals surface area contributed by atoms with Crippen LogP contribution in [0.25, 0.3) is 0 Å². The number of carbonyl (C=O) groups excluding carboxylic acids is 1. The van der Waals surface area contributed by atoms with Gasteiger partial charge in [-0.2, -0.15) is 0 Å². The van der Waals surface area contributed by atoms with Gasteiger partial charge in [0.25, 0.3) is 0 Å². The van der Waals surface area contributed by atoms with E-state index in [0.717, 1.165) is 11.7 Å². The minimum Gasteiger partial charge on any atom is -0.496 e. The Labute approximate surface area is 110 Å². The zero-order valence-electron chi connectivity index (χ0n) is 9.63. The van der Waals surface area contributed by atoms with Crippen molar-refractivity contribution in [2.45, 2.75) is 30.6 Å². The van der Waals surface area contributed by atoms with Crippen molar-refractivity contribution in [2.75, 3.05) is 12.3 Å². The number of amides is 1. The first-order valence-corrected chi connectivity index (χ1v) is 8.25. The van der Waals surface area contributed by atoms with Crippen LogP contribution >= 0.6 is 21.6 Å². The third kappa shape index (κ3) is 4.68. The van der Waals surface area contributed by atoms with E-state index in [1.165, 1.54) is 12.2 Å². The van der Waals surface area contributed by atoms with E-state index in [2.05, 4.69) is 11.4 Å². The lowest BCUT2D eigenvalue weighted by atomic mass is 10.2. The molecule has 2 fully saturated rings. The van der Waals surface area contributed by atoms with Crippen LogP contribution in [0, 0.1) is 0 Å². The van der Waals surface area contributed by atoms with Crippen molar-refractivity contribution in [1.82, 2.24) is 5.32 Å². The van der Waals surface area contributed by atoms with Crippen LogP contribution in [0.2, 0.25) is 0 Å². The van der Waals surface area contributed by atoms with Gasteiger partial charge in [-0.1, -0.05) is 33.7 Å². The second kappa shape index (κ2) is 7.01. The van der Waals surface area contributed by atoms with E-state index in [-0.39, 0.29) is 12.0 Å². The maximum atomic E-state index is 10.9. The number of nitrogens with one attached hydrogen (secondary N) is 1. The summed E-state index contributed by atoms with van der Waals surface area (Å²) in [5, 5.41) is 3.52. The Morgan fingerprint density at radius 2 is 2.41 bits per heavy atom. The summed E-state index contributed by atoms with van der Waals surface area (Å²) in [5.41, 5.74) is 0. The van der Waals surface area contributed by atoms with Crippen molar-refractivity contribution in [3.63, 3.8) is 0 Å². The Balaban J connectivity index is 1.57. The van der Waals surface area contributed by atoms with Crippen LogP contribution in [0.5, 0.6) is 0 Å². The summed E-state index contributed by atoms with van der Waals surface area (Å²) in [6.45, 7) is 0.628. The smallest absolute Gasteiger partial charge is 0.223 e. The van der Waals surface area contributed by atoms with Crippen molar-refractivity contribution in [1.29, 1.82) is 0 Å². The molecular formula is C12H17NO2S2. The second-order valence-electron chi connectivity index (χ2n) is 4.09. The molecule has 17 heavy (non-hydrogen) atoms. The summed E-state index contributed by atoms with van der Waals surface area (Å²) < 4.78 is 5.42. The molecule has 5 heteroatoms. The number of rotatable bonds is 5. The Kier molecular flexibility index (Phi) is 5.32. The van der Waals surface area contributed by atoms with Crippen LogP contribution in [-0.2, 0) is 9.53 Å². The van der Waals surface area contributed by atoms with Gasteiger partial charge in [-0.25, -0.2) is 0 Å². The number of allylic oxidation sites excluding steroid dienone is 3. The molecule has 2 heterocycles. The molecule has 2 saturated heterocycles. The molecule has 2 unspecified atom stereocenters. The normalized spacial score (nSPS) is 29.3. The number of hydrogen-bond acceptors (Lipinski definition) is 4. The van der Waals surface area contributed by atoms with Gasteiger partial charge in [-0.3, -0.25) is 4.79 Å². The average Bonchev–Trinajstić information content (AvgIpc) is 2.95. The Morgan fingerprint density at radius 3 is 3.12 bits per heavy atom. The lowest BCUT2D eigenvalue weighted by Crippen LogP contribution is -2.16. The monoisotopic (exact) mass is 271 g/mol. The highest BCUT2D eigenvalue weighted by Gasteiger charge is 2.21. The topological polar surface area (TPSA) is 38.3 Å². The standard InChI is InChI=1S/C12H17NO2S2/c14-12-8-10(9-13-12)15-6-3-1-2-4-11-5-7-16-17-11/h1-3,6,10-11H,4-5,7-9H2,(H,13,14)/b2-1+,6-3+. The van der Waals surface area contributed by atoms with Gasteiger partial charge in [0.2, 0.25) is 5.91 Å². The molecule has 3 nitrogen and oxygen atoms in total. The fourth-order valence-electron chi connectivity index (χ4n) is 1.71. The molecule has 2 aliphatic rings. The first kappa shape index (κ1) is 12.9. The third-order valence-electron chi connectivity index (χ3n) is 2.66. The van der Waals surface area contributed by atoms with Gasteiger partial charge in [0.15, 0.2) is 0 Å². The highest BCUT2D eigenvalue weighted by Crippen LogP contribution is 2.39. The van der Waals surface area contributed by atoms with E-state index < -0.39 is 0 Å². The van der Waals surface area contributed by atoms with E-state index >= 15 is 0 Å². The van der Waals surface area contributed by atoms with Gasteiger partial charge in [-0.05, 0) is 18.9 Å². The van der Waals surface area contributed by atoms with Crippen LogP contribution in [-0.4, -0.2) is 29.6 Å². The largest absolute Gasteiger partial charge is 0.496 e. The first-order chi connectivity index (χ1) is 8.34. The van der Waals surface area contributed by atoms with Crippen molar-refractivity contribution < 1.29 is 9.53 Å². The Bertz CT molecular complexity index is 312. The summed E-state index contributed by atoms with van der Waals surface area (Å²) in [4.78, 5) is 10.9. The highest BCUT2D eigenvalue weighted by atomic mass is 33.1. The molecule has 0 bridgehead atoms. The van der Waals surface area contributed by atoms with E-state index in [9.17, 15) is 4.79 Å². The molecule has 0 spiro atoms. The Hall–Kier alpha value is -0.550. The zero-order valence-corrected chi connectivity index (χ0v) is 11.3. The van der Waals surface area contributed by atoms with Crippen LogP contribution in [0.15, 0.2) is 24.5 Å². The molecule has 0 aliphatic carbocycles. The molecule has 0 aromatic carbocycles. The molecule has 2 aliphatic heterocycles. The lowest BCUT2D eigenvalue weighted by Gasteiger charge is -2.05. The van der Waals surface area contributed by atoms with E-state index in [0.29, 0.717) is 13.0 Å². The van der Waals surface area contributed by atoms with Gasteiger partial charge in [0.1, 0.15) is 6.10 Å². The second-order valence-corrected chi connectivity index (χ2v) is 6.88. The van der Waals surface area contributed by atoms with Gasteiger partial charge < -0.3 is 10.1 Å². The maximum absolute atomic E-state index is 10.9. The molecule has 94 valence electrons. The number of hydrogen-bond donors (Lipinski definition) is 1. The van der Waals surface area contributed by atoms with Gasteiger partial charge in [0.05, 0.1) is 19.2 Å². The number of carbonyl (C=O) groups is 1. The summed E-state index contributed by atoms with van der Waals surface area (Å²) in [6, 6.07) is 0. The van der Waals surface area contributed by atoms with Crippen molar-refractivity contribution >= 4 is 27.5 Å². The minimum absolute atomic E-state index is 0.00828. The lowest BCUT2D eigenvalue weighted by molar-refractivity contribution is -0.119. The molecule has 0 aromatic rings. The molecule has 2 atom stereocenters. The average molecular weight is 271 g/mol. The fourth-order valence-corrected chi connectivity index (χ4v) is 4.62. The van der Waals surface area contributed by atoms with Crippen molar-refractivity contribution in [3.05, 3.63) is 24.5 Å². The SMILES string of the molecule is O=C1CC(O/C=C/C=C/CC2CCSS2)CN1. The summed E-state index contributed by atoms with van der Waals surface area (Å²) >= 11 is 0. The predicted molar refractivity (Wildman–Crippen MR) is 73.9 cm³/mol. The van der Waals surface area contributed by atoms with Crippen molar-refractivity contribution in [3.8, 4) is 0 Å². The molecular weight excluding hydrogens is 254 g/mol. The summed E-state index contributed by atoms with van der Waals surface area (Å²) in [7, 11) is 3.96. The molecule has 2 rings (SSSR count). The van der Waals surface area contributed by atoms with Gasteiger partial charge in [-0.15, -0.1) is 0 Å². The molecule has 1 amide bonds. The van der Waals surface area contributed by atoms with Crippen LogP contribution in [0.3, 0.4) is 0 Å². The molecule has 0 radical (unpaired) electrons. The Morgan fingerprint density at radius 1 is 1.47 bits per heavy atom. The molecule has 0 saturated carbocycles. The number of ether oxygens (including phenoxy) is 1. The van der Waals surface area contributed by atoms with Crippen LogP contribution in [0.4, 0.5) is 0 Å². The van der Waals surface area contributed by atoms with E-state index in [1.807, 2.05) is 33.7 Å². The molecule has 0 aromatic heterocycles. The zero-order chi connectivity index (χ0) is 11.9. The van der Waals surface area contributed by atoms with Crippen molar-refractivity contribution in [2.24, 2.45) is 0 Å². The van der Waals surface area contributed by atoms with E-state index in [1.54, 1.807) is 6.26 Å². The fraction of sp³-hybridized carbons (Fsp3) is 0.583. The highest BCUT2D eigenvalue weighted by molar-refractivity contribution is 8.77.